The van der Waals surface area contributed by atoms with Crippen LogP contribution >= 0.6 is 11.3 Å². The van der Waals surface area contributed by atoms with Gasteiger partial charge in [-0.1, -0.05) is 0 Å². The molecule has 1 heterocycles. The third kappa shape index (κ3) is 5.54. The van der Waals surface area contributed by atoms with Crippen molar-refractivity contribution in [2.24, 2.45) is 0 Å². The second-order valence-corrected chi connectivity index (χ2v) is 6.03. The van der Waals surface area contributed by atoms with E-state index in [1.54, 1.807) is 12.1 Å². The van der Waals surface area contributed by atoms with Crippen LogP contribution in [-0.2, 0) is 0 Å². The lowest BCUT2D eigenvalue weighted by Gasteiger charge is -2.08. The second kappa shape index (κ2) is 8.16. The molecule has 1 aromatic carbocycles. The first kappa shape index (κ1) is 18.3. The highest BCUT2D eigenvalue weighted by Crippen LogP contribution is 2.30. The van der Waals surface area contributed by atoms with Crippen LogP contribution in [0, 0.1) is 0 Å². The van der Waals surface area contributed by atoms with Crippen LogP contribution in [0.15, 0.2) is 36.4 Å². The number of carbonyl (C=O) groups is 1. The van der Waals surface area contributed by atoms with Gasteiger partial charge in [0.05, 0.1) is 4.88 Å². The van der Waals surface area contributed by atoms with Crippen LogP contribution in [0.4, 0.5) is 13.2 Å². The smallest absolute Gasteiger partial charge is 0.406 e. The number of hydrogen-bond acceptors (Lipinski definition) is 4. The van der Waals surface area contributed by atoms with E-state index in [1.165, 1.54) is 35.6 Å². The second-order valence-electron chi connectivity index (χ2n) is 4.95. The Bertz CT molecular complexity index is 669. The SMILES string of the molecule is CNCCCNC(=O)c1ccc(-c2ccc(OC(F)(F)F)cc2)s1. The molecule has 2 N–H and O–H groups in total. The molecular formula is C16H17F3N2O2S. The van der Waals surface area contributed by atoms with Gasteiger partial charge in [-0.25, -0.2) is 0 Å². The van der Waals surface area contributed by atoms with Crippen molar-refractivity contribution in [2.45, 2.75) is 12.8 Å². The highest BCUT2D eigenvalue weighted by Gasteiger charge is 2.30. The molecule has 0 bridgehead atoms. The molecule has 1 aromatic heterocycles. The summed E-state index contributed by atoms with van der Waals surface area (Å²) in [5, 5.41) is 5.82. The molecule has 8 heteroatoms. The summed E-state index contributed by atoms with van der Waals surface area (Å²) >= 11 is 1.29. The molecule has 0 aliphatic rings. The van der Waals surface area contributed by atoms with Gasteiger partial charge in [-0.15, -0.1) is 24.5 Å². The van der Waals surface area contributed by atoms with E-state index in [-0.39, 0.29) is 11.7 Å². The third-order valence-electron chi connectivity index (χ3n) is 3.09. The average molecular weight is 358 g/mol. The summed E-state index contributed by atoms with van der Waals surface area (Å²) in [7, 11) is 1.85. The number of amides is 1. The van der Waals surface area contributed by atoms with Gasteiger partial charge in [0.2, 0.25) is 0 Å². The minimum atomic E-state index is -4.71. The van der Waals surface area contributed by atoms with Crippen molar-refractivity contribution in [2.75, 3.05) is 20.1 Å². The maximum absolute atomic E-state index is 12.1. The zero-order chi connectivity index (χ0) is 17.6. The number of alkyl halides is 3. The topological polar surface area (TPSA) is 50.4 Å². The summed E-state index contributed by atoms with van der Waals surface area (Å²) in [6, 6.07) is 9.03. The van der Waals surface area contributed by atoms with Crippen LogP contribution in [0.2, 0.25) is 0 Å². The summed E-state index contributed by atoms with van der Waals surface area (Å²) in [6.45, 7) is 1.40. The minimum Gasteiger partial charge on any atom is -0.406 e. The van der Waals surface area contributed by atoms with Gasteiger partial charge in [-0.05, 0) is 62.0 Å². The van der Waals surface area contributed by atoms with Crippen molar-refractivity contribution in [3.05, 3.63) is 41.3 Å². The Kier molecular flexibility index (Phi) is 6.22. The number of nitrogens with one attached hydrogen (secondary N) is 2. The normalized spacial score (nSPS) is 11.3. The number of benzene rings is 1. The van der Waals surface area contributed by atoms with Gasteiger partial charge in [0.1, 0.15) is 5.75 Å². The van der Waals surface area contributed by atoms with Crippen molar-refractivity contribution >= 4 is 17.2 Å². The average Bonchev–Trinajstić information content (AvgIpc) is 3.00. The number of rotatable bonds is 7. The molecule has 1 amide bonds. The van der Waals surface area contributed by atoms with Crippen molar-refractivity contribution < 1.29 is 22.7 Å². The van der Waals surface area contributed by atoms with Gasteiger partial charge in [0.15, 0.2) is 0 Å². The van der Waals surface area contributed by atoms with Crippen molar-refractivity contribution in [1.82, 2.24) is 10.6 Å². The van der Waals surface area contributed by atoms with Crippen LogP contribution in [-0.4, -0.2) is 32.4 Å². The molecule has 2 rings (SSSR count). The maximum Gasteiger partial charge on any atom is 0.573 e. The largest absolute Gasteiger partial charge is 0.573 e. The first-order valence-corrected chi connectivity index (χ1v) is 8.09. The Balaban J connectivity index is 1.98. The molecule has 0 spiro atoms. The zero-order valence-corrected chi connectivity index (χ0v) is 13.8. The van der Waals surface area contributed by atoms with Gasteiger partial charge < -0.3 is 15.4 Å². The van der Waals surface area contributed by atoms with E-state index in [2.05, 4.69) is 15.4 Å². The van der Waals surface area contributed by atoms with Gasteiger partial charge in [0.25, 0.3) is 5.91 Å². The Morgan fingerprint density at radius 3 is 2.46 bits per heavy atom. The third-order valence-corrected chi connectivity index (χ3v) is 4.22. The number of carbonyl (C=O) groups excluding carboxylic acids is 1. The summed E-state index contributed by atoms with van der Waals surface area (Å²) in [5.41, 5.74) is 0.726. The van der Waals surface area contributed by atoms with E-state index >= 15 is 0 Å². The van der Waals surface area contributed by atoms with E-state index in [0.717, 1.165) is 23.4 Å². The fourth-order valence-electron chi connectivity index (χ4n) is 1.99. The minimum absolute atomic E-state index is 0.153. The predicted molar refractivity (Wildman–Crippen MR) is 87.3 cm³/mol. The molecule has 130 valence electrons. The van der Waals surface area contributed by atoms with Crippen molar-refractivity contribution in [3.8, 4) is 16.2 Å². The molecule has 0 saturated heterocycles. The van der Waals surface area contributed by atoms with Gasteiger partial charge >= 0.3 is 6.36 Å². The van der Waals surface area contributed by atoms with Crippen LogP contribution in [0.5, 0.6) is 5.75 Å². The fraction of sp³-hybridized carbons (Fsp3) is 0.312. The number of hydrogen-bond donors (Lipinski definition) is 2. The first-order chi connectivity index (χ1) is 11.4. The fourth-order valence-corrected chi connectivity index (χ4v) is 2.92. The van der Waals surface area contributed by atoms with Crippen LogP contribution in [0.25, 0.3) is 10.4 Å². The predicted octanol–water partition coefficient (Wildman–Crippen LogP) is 3.65. The molecule has 0 fully saturated rings. The van der Waals surface area contributed by atoms with Gasteiger partial charge in [0, 0.05) is 11.4 Å². The van der Waals surface area contributed by atoms with Gasteiger partial charge in [-0.2, -0.15) is 0 Å². The molecule has 0 saturated carbocycles. The lowest BCUT2D eigenvalue weighted by molar-refractivity contribution is -0.274. The van der Waals surface area contributed by atoms with E-state index in [0.29, 0.717) is 11.4 Å². The molecule has 0 atom stereocenters. The zero-order valence-electron chi connectivity index (χ0n) is 12.9. The standard InChI is InChI=1S/C16H17F3N2O2S/c1-20-9-2-10-21-15(22)14-8-7-13(24-14)11-3-5-12(6-4-11)23-16(17,18)19/h3-8,20H,2,9-10H2,1H3,(H,21,22). The monoisotopic (exact) mass is 358 g/mol. The summed E-state index contributed by atoms with van der Waals surface area (Å²) in [5.74, 6) is -0.426. The van der Waals surface area contributed by atoms with Crippen LogP contribution in [0.3, 0.4) is 0 Å². The highest BCUT2D eigenvalue weighted by atomic mass is 32.1. The molecule has 2 aromatic rings. The Morgan fingerprint density at radius 1 is 1.12 bits per heavy atom. The number of halogens is 3. The lowest BCUT2D eigenvalue weighted by atomic mass is 10.2. The quantitative estimate of drug-likeness (QED) is 0.743. The molecule has 24 heavy (non-hydrogen) atoms. The summed E-state index contributed by atoms with van der Waals surface area (Å²) in [6.07, 6.45) is -3.87. The molecular weight excluding hydrogens is 341 g/mol. The lowest BCUT2D eigenvalue weighted by Crippen LogP contribution is -2.25. The molecule has 0 aliphatic heterocycles. The van der Waals surface area contributed by atoms with Crippen LogP contribution < -0.4 is 15.4 Å². The summed E-state index contributed by atoms with van der Waals surface area (Å²) < 4.78 is 40.3. The molecule has 0 radical (unpaired) electrons. The van der Waals surface area contributed by atoms with E-state index in [1.807, 2.05) is 7.05 Å². The Morgan fingerprint density at radius 2 is 1.83 bits per heavy atom. The van der Waals surface area contributed by atoms with Crippen molar-refractivity contribution in [1.29, 1.82) is 0 Å². The number of thiophene rings is 1. The highest BCUT2D eigenvalue weighted by molar-refractivity contribution is 7.17. The Hall–Kier alpha value is -2.06. The van der Waals surface area contributed by atoms with Gasteiger partial charge in [-0.3, -0.25) is 4.79 Å². The summed E-state index contributed by atoms with van der Waals surface area (Å²) in [4.78, 5) is 13.4. The Labute approximate surface area is 141 Å². The maximum atomic E-state index is 12.1. The first-order valence-electron chi connectivity index (χ1n) is 7.28. The molecule has 0 unspecified atom stereocenters. The molecule has 0 aliphatic carbocycles. The number of ether oxygens (including phenoxy) is 1. The van der Waals surface area contributed by atoms with E-state index < -0.39 is 6.36 Å². The van der Waals surface area contributed by atoms with Crippen molar-refractivity contribution in [3.63, 3.8) is 0 Å². The molecule has 4 nitrogen and oxygen atoms in total. The van der Waals surface area contributed by atoms with Crippen LogP contribution in [0.1, 0.15) is 16.1 Å². The van der Waals surface area contributed by atoms with E-state index in [4.69, 9.17) is 0 Å². The van der Waals surface area contributed by atoms with E-state index in [9.17, 15) is 18.0 Å².